The van der Waals surface area contributed by atoms with Crippen molar-refractivity contribution in [3.63, 3.8) is 0 Å². The Balaban J connectivity index is 2.58. The molecule has 0 fully saturated rings. The van der Waals surface area contributed by atoms with Gasteiger partial charge in [-0.15, -0.1) is 0 Å². The van der Waals surface area contributed by atoms with Crippen LogP contribution in [-0.4, -0.2) is 21.5 Å². The van der Waals surface area contributed by atoms with Gasteiger partial charge in [-0.2, -0.15) is 0 Å². The number of hydrogen-bond acceptors (Lipinski definition) is 4. The zero-order valence-corrected chi connectivity index (χ0v) is 12.7. The summed E-state index contributed by atoms with van der Waals surface area (Å²) in [6.45, 7) is 4.52. The largest absolute Gasteiger partial charge is 0.447 e. The number of unbranched alkanes of at least 4 members (excludes halogenated alkanes) is 2. The third kappa shape index (κ3) is 5.34. The molecule has 1 unspecified atom stereocenters. The zero-order valence-electron chi connectivity index (χ0n) is 11.9. The Morgan fingerprint density at radius 1 is 1.32 bits per heavy atom. The van der Waals surface area contributed by atoms with Crippen molar-refractivity contribution in [1.82, 2.24) is 10.0 Å². The molecule has 0 aliphatic heterocycles. The molecule has 1 aromatic rings. The number of hydrogen-bond donors (Lipinski definition) is 2. The number of rotatable bonds is 9. The van der Waals surface area contributed by atoms with Crippen molar-refractivity contribution < 1.29 is 12.8 Å². The predicted molar refractivity (Wildman–Crippen MR) is 75.4 cm³/mol. The van der Waals surface area contributed by atoms with E-state index in [1.807, 2.05) is 6.92 Å². The van der Waals surface area contributed by atoms with Crippen molar-refractivity contribution in [2.24, 2.45) is 0 Å². The van der Waals surface area contributed by atoms with E-state index in [1.54, 1.807) is 13.1 Å². The van der Waals surface area contributed by atoms with Gasteiger partial charge in [-0.25, -0.2) is 13.1 Å². The first-order chi connectivity index (χ1) is 8.99. The Bertz CT molecular complexity index is 468. The van der Waals surface area contributed by atoms with Crippen LogP contribution in [0.1, 0.15) is 45.3 Å². The highest BCUT2D eigenvalue weighted by molar-refractivity contribution is 7.89. The standard InChI is InChI=1S/C13H24N2O3S/c1-4-5-6-7-11(2)15-19(16,17)13-9-8-12(18-13)10-14-3/h8-9,11,14-15H,4-7,10H2,1-3H3. The third-order valence-electron chi connectivity index (χ3n) is 2.85. The van der Waals surface area contributed by atoms with Gasteiger partial charge < -0.3 is 9.73 Å². The fourth-order valence-electron chi connectivity index (χ4n) is 1.85. The SMILES string of the molecule is CCCCCC(C)NS(=O)(=O)c1ccc(CNC)o1. The smallest absolute Gasteiger partial charge is 0.274 e. The molecule has 5 nitrogen and oxygen atoms in total. The Morgan fingerprint density at radius 3 is 2.68 bits per heavy atom. The second-order valence-electron chi connectivity index (χ2n) is 4.77. The van der Waals surface area contributed by atoms with Gasteiger partial charge in [-0.1, -0.05) is 26.2 Å². The molecule has 1 atom stereocenters. The van der Waals surface area contributed by atoms with Crippen LogP contribution in [0, 0.1) is 0 Å². The van der Waals surface area contributed by atoms with Gasteiger partial charge in [0.2, 0.25) is 5.09 Å². The van der Waals surface area contributed by atoms with E-state index in [1.165, 1.54) is 6.07 Å². The van der Waals surface area contributed by atoms with Gasteiger partial charge in [0.25, 0.3) is 10.0 Å². The van der Waals surface area contributed by atoms with Crippen LogP contribution in [0.15, 0.2) is 21.6 Å². The summed E-state index contributed by atoms with van der Waals surface area (Å²) in [7, 11) is -1.76. The van der Waals surface area contributed by atoms with Crippen LogP contribution in [-0.2, 0) is 16.6 Å². The molecular weight excluding hydrogens is 264 g/mol. The second-order valence-corrected chi connectivity index (χ2v) is 6.41. The Morgan fingerprint density at radius 2 is 2.05 bits per heavy atom. The van der Waals surface area contributed by atoms with E-state index in [0.29, 0.717) is 12.3 Å². The maximum absolute atomic E-state index is 12.1. The van der Waals surface area contributed by atoms with Gasteiger partial charge in [-0.3, -0.25) is 0 Å². The van der Waals surface area contributed by atoms with Gasteiger partial charge in [0.15, 0.2) is 0 Å². The fraction of sp³-hybridized carbons (Fsp3) is 0.692. The average molecular weight is 288 g/mol. The van der Waals surface area contributed by atoms with E-state index in [0.717, 1.165) is 25.7 Å². The van der Waals surface area contributed by atoms with Crippen molar-refractivity contribution in [2.75, 3.05) is 7.05 Å². The van der Waals surface area contributed by atoms with Crippen LogP contribution in [0.4, 0.5) is 0 Å². The van der Waals surface area contributed by atoms with Crippen molar-refractivity contribution >= 4 is 10.0 Å². The lowest BCUT2D eigenvalue weighted by Crippen LogP contribution is -2.32. The van der Waals surface area contributed by atoms with Crippen molar-refractivity contribution in [1.29, 1.82) is 0 Å². The molecule has 0 radical (unpaired) electrons. The summed E-state index contributed by atoms with van der Waals surface area (Å²) in [5, 5.41) is 2.90. The molecule has 1 aromatic heterocycles. The summed E-state index contributed by atoms with van der Waals surface area (Å²) in [4.78, 5) is 0. The summed E-state index contributed by atoms with van der Waals surface area (Å²) in [6.07, 6.45) is 4.13. The lowest BCUT2D eigenvalue weighted by Gasteiger charge is -2.12. The fourth-order valence-corrected chi connectivity index (χ4v) is 3.08. The minimum atomic E-state index is -3.54. The first-order valence-electron chi connectivity index (χ1n) is 6.75. The van der Waals surface area contributed by atoms with E-state index in [2.05, 4.69) is 17.0 Å². The van der Waals surface area contributed by atoms with Crippen molar-refractivity contribution in [3.05, 3.63) is 17.9 Å². The molecule has 1 heterocycles. The molecule has 0 spiro atoms. The molecule has 6 heteroatoms. The molecule has 0 aromatic carbocycles. The molecule has 0 bridgehead atoms. The Kier molecular flexibility index (Phi) is 6.54. The quantitative estimate of drug-likeness (QED) is 0.684. The summed E-state index contributed by atoms with van der Waals surface area (Å²) in [6, 6.07) is 3.09. The second kappa shape index (κ2) is 7.67. The van der Waals surface area contributed by atoms with E-state index in [9.17, 15) is 8.42 Å². The van der Waals surface area contributed by atoms with Crippen LogP contribution in [0.2, 0.25) is 0 Å². The van der Waals surface area contributed by atoms with E-state index < -0.39 is 10.0 Å². The first-order valence-corrected chi connectivity index (χ1v) is 8.23. The van der Waals surface area contributed by atoms with Gasteiger partial charge in [-0.05, 0) is 32.5 Å². The lowest BCUT2D eigenvalue weighted by atomic mass is 10.1. The predicted octanol–water partition coefficient (Wildman–Crippen LogP) is 2.25. The van der Waals surface area contributed by atoms with Crippen LogP contribution >= 0.6 is 0 Å². The monoisotopic (exact) mass is 288 g/mol. The van der Waals surface area contributed by atoms with Crippen LogP contribution in [0.3, 0.4) is 0 Å². The molecule has 19 heavy (non-hydrogen) atoms. The Labute approximate surface area is 115 Å². The number of sulfonamides is 1. The first kappa shape index (κ1) is 16.2. The lowest BCUT2D eigenvalue weighted by molar-refractivity contribution is 0.401. The molecule has 1 rings (SSSR count). The average Bonchev–Trinajstić information content (AvgIpc) is 2.78. The zero-order chi connectivity index (χ0) is 14.3. The van der Waals surface area contributed by atoms with Crippen molar-refractivity contribution in [3.8, 4) is 0 Å². The van der Waals surface area contributed by atoms with Crippen LogP contribution in [0.5, 0.6) is 0 Å². The molecule has 0 amide bonds. The highest BCUT2D eigenvalue weighted by atomic mass is 32.2. The van der Waals surface area contributed by atoms with Crippen LogP contribution in [0.25, 0.3) is 0 Å². The molecular formula is C13H24N2O3S. The normalized spacial score (nSPS) is 13.6. The van der Waals surface area contributed by atoms with Gasteiger partial charge in [0.05, 0.1) is 6.54 Å². The minimum Gasteiger partial charge on any atom is -0.447 e. The van der Waals surface area contributed by atoms with Gasteiger partial charge >= 0.3 is 0 Å². The molecule has 0 aliphatic rings. The molecule has 0 saturated carbocycles. The number of furan rings is 1. The highest BCUT2D eigenvalue weighted by Gasteiger charge is 2.20. The molecule has 0 aliphatic carbocycles. The van der Waals surface area contributed by atoms with E-state index in [4.69, 9.17) is 4.42 Å². The topological polar surface area (TPSA) is 71.3 Å². The third-order valence-corrected chi connectivity index (χ3v) is 4.31. The summed E-state index contributed by atoms with van der Waals surface area (Å²) in [5.41, 5.74) is 0. The molecule has 110 valence electrons. The summed E-state index contributed by atoms with van der Waals surface area (Å²) >= 11 is 0. The minimum absolute atomic E-state index is 0.0138. The Hall–Kier alpha value is -0.850. The number of nitrogens with one attached hydrogen (secondary N) is 2. The van der Waals surface area contributed by atoms with Gasteiger partial charge in [0.1, 0.15) is 5.76 Å². The highest BCUT2D eigenvalue weighted by Crippen LogP contribution is 2.15. The van der Waals surface area contributed by atoms with E-state index in [-0.39, 0.29) is 11.1 Å². The van der Waals surface area contributed by atoms with Crippen LogP contribution < -0.4 is 10.0 Å². The molecule has 2 N–H and O–H groups in total. The summed E-state index contributed by atoms with van der Waals surface area (Å²) < 4.78 is 32.1. The van der Waals surface area contributed by atoms with E-state index >= 15 is 0 Å². The van der Waals surface area contributed by atoms with Gasteiger partial charge in [0, 0.05) is 6.04 Å². The maximum atomic E-state index is 12.1. The summed E-state index contributed by atoms with van der Waals surface area (Å²) in [5.74, 6) is 0.613. The molecule has 0 saturated heterocycles. The van der Waals surface area contributed by atoms with Crippen molar-refractivity contribution in [2.45, 2.75) is 57.2 Å². The maximum Gasteiger partial charge on any atom is 0.274 e.